The fraction of sp³-hybridized carbons (Fsp3) is 0.900. The largest absolute Gasteiger partial charge is 0.339 e. The summed E-state index contributed by atoms with van der Waals surface area (Å²) < 4.78 is 0. The third kappa shape index (κ3) is 3.35. The second-order valence-electron chi connectivity index (χ2n) is 3.59. The Bertz CT molecular complexity index is 166. The molecular formula is C10H20N2O. The fourth-order valence-electron chi connectivity index (χ4n) is 1.50. The molecule has 0 spiro atoms. The summed E-state index contributed by atoms with van der Waals surface area (Å²) in [7, 11) is 0. The third-order valence-electron chi connectivity index (χ3n) is 2.35. The molecule has 0 bridgehead atoms. The van der Waals surface area contributed by atoms with Crippen LogP contribution in [-0.2, 0) is 4.79 Å². The zero-order valence-electron chi connectivity index (χ0n) is 8.68. The highest BCUT2D eigenvalue weighted by Crippen LogP contribution is 2.26. The summed E-state index contributed by atoms with van der Waals surface area (Å²) in [6.45, 7) is 6.47. The average Bonchev–Trinajstić information content (AvgIpc) is 2.90. The van der Waals surface area contributed by atoms with Crippen molar-refractivity contribution in [2.24, 2.45) is 0 Å². The van der Waals surface area contributed by atoms with Gasteiger partial charge in [-0.05, 0) is 32.7 Å². The molecule has 0 heterocycles. The van der Waals surface area contributed by atoms with Gasteiger partial charge in [0.25, 0.3) is 0 Å². The van der Waals surface area contributed by atoms with E-state index < -0.39 is 0 Å². The molecule has 3 nitrogen and oxygen atoms in total. The zero-order chi connectivity index (χ0) is 9.68. The Balaban J connectivity index is 2.19. The highest BCUT2D eigenvalue weighted by Gasteiger charge is 2.30. The van der Waals surface area contributed by atoms with Gasteiger partial charge in [0, 0.05) is 12.6 Å². The number of nitrogens with zero attached hydrogens (tertiary/aromatic N) is 1. The molecule has 76 valence electrons. The molecule has 0 atom stereocenters. The molecule has 1 rings (SSSR count). The molecule has 0 saturated heterocycles. The van der Waals surface area contributed by atoms with Crippen LogP contribution in [0, 0.1) is 0 Å². The molecule has 0 unspecified atom stereocenters. The van der Waals surface area contributed by atoms with Crippen molar-refractivity contribution in [3.63, 3.8) is 0 Å². The Morgan fingerprint density at radius 2 is 2.15 bits per heavy atom. The van der Waals surface area contributed by atoms with Crippen LogP contribution in [0.4, 0.5) is 0 Å². The van der Waals surface area contributed by atoms with Crippen LogP contribution in [-0.4, -0.2) is 36.5 Å². The number of rotatable bonds is 6. The third-order valence-corrected chi connectivity index (χ3v) is 2.35. The van der Waals surface area contributed by atoms with Crippen LogP contribution in [0.3, 0.4) is 0 Å². The van der Waals surface area contributed by atoms with Crippen LogP contribution in [0.25, 0.3) is 0 Å². The van der Waals surface area contributed by atoms with Crippen LogP contribution in [0.1, 0.15) is 33.1 Å². The van der Waals surface area contributed by atoms with E-state index in [0.29, 0.717) is 12.6 Å². The Morgan fingerprint density at radius 1 is 1.46 bits per heavy atom. The van der Waals surface area contributed by atoms with Gasteiger partial charge in [-0.3, -0.25) is 4.79 Å². The van der Waals surface area contributed by atoms with E-state index in [2.05, 4.69) is 19.2 Å². The summed E-state index contributed by atoms with van der Waals surface area (Å²) in [6, 6.07) is 0.556. The maximum absolute atomic E-state index is 11.6. The average molecular weight is 184 g/mol. The van der Waals surface area contributed by atoms with Gasteiger partial charge in [0.05, 0.1) is 6.54 Å². The summed E-state index contributed by atoms with van der Waals surface area (Å²) in [6.07, 6.45) is 3.49. The normalized spacial score (nSPS) is 15.8. The lowest BCUT2D eigenvalue weighted by Crippen LogP contribution is -2.39. The second-order valence-corrected chi connectivity index (χ2v) is 3.59. The highest BCUT2D eigenvalue weighted by atomic mass is 16.2. The summed E-state index contributed by atoms with van der Waals surface area (Å²) in [5.74, 6) is 0.262. The van der Waals surface area contributed by atoms with E-state index in [9.17, 15) is 4.79 Å². The smallest absolute Gasteiger partial charge is 0.236 e. The van der Waals surface area contributed by atoms with E-state index in [1.807, 2.05) is 4.90 Å². The molecule has 3 heteroatoms. The Kier molecular flexibility index (Phi) is 4.22. The van der Waals surface area contributed by atoms with E-state index in [4.69, 9.17) is 0 Å². The molecular weight excluding hydrogens is 164 g/mol. The summed E-state index contributed by atoms with van der Waals surface area (Å²) >= 11 is 0. The number of hydrogen-bond donors (Lipinski definition) is 1. The molecule has 0 aromatic carbocycles. The summed E-state index contributed by atoms with van der Waals surface area (Å²) in [4.78, 5) is 13.6. The fourth-order valence-corrected chi connectivity index (χ4v) is 1.50. The minimum Gasteiger partial charge on any atom is -0.339 e. The van der Waals surface area contributed by atoms with Crippen LogP contribution in [0.5, 0.6) is 0 Å². The summed E-state index contributed by atoms with van der Waals surface area (Å²) in [5.41, 5.74) is 0. The van der Waals surface area contributed by atoms with E-state index in [0.717, 1.165) is 19.5 Å². The molecule has 1 N–H and O–H groups in total. The summed E-state index contributed by atoms with van der Waals surface area (Å²) in [5, 5.41) is 3.14. The van der Waals surface area contributed by atoms with E-state index in [-0.39, 0.29) is 5.91 Å². The van der Waals surface area contributed by atoms with Crippen LogP contribution in [0.15, 0.2) is 0 Å². The van der Waals surface area contributed by atoms with Crippen LogP contribution < -0.4 is 5.32 Å². The Labute approximate surface area is 80.5 Å². The molecule has 0 aromatic heterocycles. The van der Waals surface area contributed by atoms with Gasteiger partial charge < -0.3 is 10.2 Å². The minimum absolute atomic E-state index is 0.262. The van der Waals surface area contributed by atoms with Crippen molar-refractivity contribution >= 4 is 5.91 Å². The van der Waals surface area contributed by atoms with E-state index in [1.165, 1.54) is 12.8 Å². The number of carbonyl (C=O) groups is 1. The van der Waals surface area contributed by atoms with Crippen molar-refractivity contribution < 1.29 is 4.79 Å². The van der Waals surface area contributed by atoms with Crippen molar-refractivity contribution in [3.8, 4) is 0 Å². The maximum atomic E-state index is 11.6. The molecule has 13 heavy (non-hydrogen) atoms. The topological polar surface area (TPSA) is 32.3 Å². The van der Waals surface area contributed by atoms with Crippen molar-refractivity contribution in [2.45, 2.75) is 39.2 Å². The monoisotopic (exact) mass is 184 g/mol. The molecule has 1 amide bonds. The molecule has 1 fully saturated rings. The number of carbonyl (C=O) groups excluding carboxylic acids is 1. The van der Waals surface area contributed by atoms with Crippen LogP contribution in [0.2, 0.25) is 0 Å². The molecule has 0 radical (unpaired) electrons. The lowest BCUT2D eigenvalue weighted by molar-refractivity contribution is -0.130. The van der Waals surface area contributed by atoms with Gasteiger partial charge in [0.2, 0.25) is 5.91 Å². The van der Waals surface area contributed by atoms with Crippen LogP contribution >= 0.6 is 0 Å². The maximum Gasteiger partial charge on any atom is 0.236 e. The number of nitrogens with one attached hydrogen (secondary N) is 1. The van der Waals surface area contributed by atoms with Crippen molar-refractivity contribution in [2.75, 3.05) is 19.6 Å². The van der Waals surface area contributed by atoms with Gasteiger partial charge in [0.15, 0.2) is 0 Å². The number of hydrogen-bond acceptors (Lipinski definition) is 2. The molecule has 1 saturated carbocycles. The van der Waals surface area contributed by atoms with Gasteiger partial charge >= 0.3 is 0 Å². The van der Waals surface area contributed by atoms with E-state index >= 15 is 0 Å². The predicted molar refractivity (Wildman–Crippen MR) is 53.6 cm³/mol. The lowest BCUT2D eigenvalue weighted by Gasteiger charge is -2.20. The van der Waals surface area contributed by atoms with Gasteiger partial charge in [-0.15, -0.1) is 0 Å². The van der Waals surface area contributed by atoms with Gasteiger partial charge in [-0.2, -0.15) is 0 Å². The standard InChI is InChI=1S/C10H20N2O/c1-3-7-11-8-10(13)12(4-2)9-5-6-9/h9,11H,3-8H2,1-2H3. The Hall–Kier alpha value is -0.570. The van der Waals surface area contributed by atoms with Crippen molar-refractivity contribution in [1.29, 1.82) is 0 Å². The first-order valence-electron chi connectivity index (χ1n) is 5.29. The number of amides is 1. The second kappa shape index (κ2) is 5.22. The van der Waals surface area contributed by atoms with Gasteiger partial charge in [-0.1, -0.05) is 6.92 Å². The molecule has 0 aliphatic heterocycles. The predicted octanol–water partition coefficient (Wildman–Crippen LogP) is 0.997. The molecule has 1 aliphatic carbocycles. The quantitative estimate of drug-likeness (QED) is 0.624. The SMILES string of the molecule is CCCNCC(=O)N(CC)C1CC1. The lowest BCUT2D eigenvalue weighted by atomic mass is 10.4. The zero-order valence-corrected chi connectivity index (χ0v) is 8.68. The minimum atomic E-state index is 0.262. The Morgan fingerprint density at radius 3 is 2.62 bits per heavy atom. The molecule has 1 aliphatic rings. The number of likely N-dealkylation sites (N-methyl/N-ethyl adjacent to an activating group) is 1. The molecule has 0 aromatic rings. The van der Waals surface area contributed by atoms with Gasteiger partial charge in [0.1, 0.15) is 0 Å². The van der Waals surface area contributed by atoms with Gasteiger partial charge in [-0.25, -0.2) is 0 Å². The van der Waals surface area contributed by atoms with E-state index in [1.54, 1.807) is 0 Å². The van der Waals surface area contributed by atoms with Crippen molar-refractivity contribution in [3.05, 3.63) is 0 Å². The first-order valence-corrected chi connectivity index (χ1v) is 5.29. The highest BCUT2D eigenvalue weighted by molar-refractivity contribution is 5.78. The first kappa shape index (κ1) is 10.5. The first-order chi connectivity index (χ1) is 6.29. The van der Waals surface area contributed by atoms with Crippen molar-refractivity contribution in [1.82, 2.24) is 10.2 Å².